The van der Waals surface area contributed by atoms with Gasteiger partial charge in [-0.2, -0.15) is 0 Å². The molecule has 8 nitrogen and oxygen atoms in total. The van der Waals surface area contributed by atoms with Crippen LogP contribution in [0.25, 0.3) is 10.9 Å². The first kappa shape index (κ1) is 18.2. The lowest BCUT2D eigenvalue weighted by Gasteiger charge is -2.18. The standard InChI is InChI=1S/C18H15FN4O4/c1-21(9-12-4-2-3-5-15(12)19)17(24)10-22-11-20-16-7-6-13(23(26)27)8-14(16)18(22)25/h2-8,11H,9-10H2,1H3. The van der Waals surface area contributed by atoms with Crippen LogP contribution in [0.15, 0.2) is 53.6 Å². The predicted octanol–water partition coefficient (Wildman–Crippen LogP) is 2.10. The summed E-state index contributed by atoms with van der Waals surface area (Å²) in [5.74, 6) is -0.846. The van der Waals surface area contributed by atoms with Crippen molar-refractivity contribution in [2.24, 2.45) is 0 Å². The minimum atomic E-state index is -0.608. The molecule has 27 heavy (non-hydrogen) atoms. The van der Waals surface area contributed by atoms with Crippen LogP contribution in [0.1, 0.15) is 5.56 Å². The largest absolute Gasteiger partial charge is 0.340 e. The maximum absolute atomic E-state index is 13.7. The van der Waals surface area contributed by atoms with Crippen LogP contribution in [0.5, 0.6) is 0 Å². The van der Waals surface area contributed by atoms with Crippen LogP contribution in [0.3, 0.4) is 0 Å². The van der Waals surface area contributed by atoms with Crippen molar-refractivity contribution in [1.29, 1.82) is 0 Å². The first-order chi connectivity index (χ1) is 12.9. The smallest absolute Gasteiger partial charge is 0.270 e. The molecule has 0 N–H and O–H groups in total. The molecule has 0 bridgehead atoms. The lowest BCUT2D eigenvalue weighted by atomic mass is 10.2. The topological polar surface area (TPSA) is 98.3 Å². The Kier molecular flexibility index (Phi) is 4.93. The summed E-state index contributed by atoms with van der Waals surface area (Å²) >= 11 is 0. The van der Waals surface area contributed by atoms with Gasteiger partial charge >= 0.3 is 0 Å². The second-order valence-electron chi connectivity index (χ2n) is 5.98. The number of nitrogens with zero attached hydrogens (tertiary/aromatic N) is 4. The van der Waals surface area contributed by atoms with Gasteiger partial charge in [0.15, 0.2) is 0 Å². The molecule has 1 aromatic heterocycles. The molecule has 138 valence electrons. The number of carbonyl (C=O) groups is 1. The van der Waals surface area contributed by atoms with Gasteiger partial charge in [-0.3, -0.25) is 24.3 Å². The number of halogens is 1. The monoisotopic (exact) mass is 370 g/mol. The van der Waals surface area contributed by atoms with E-state index in [0.717, 1.165) is 10.6 Å². The highest BCUT2D eigenvalue weighted by Crippen LogP contribution is 2.16. The SMILES string of the molecule is CN(Cc1ccccc1F)C(=O)Cn1cnc2ccc([N+](=O)[O-])cc2c1=O. The first-order valence-electron chi connectivity index (χ1n) is 7.98. The number of hydrogen-bond donors (Lipinski definition) is 0. The second kappa shape index (κ2) is 7.32. The molecule has 0 radical (unpaired) electrons. The van der Waals surface area contributed by atoms with Crippen molar-refractivity contribution in [2.75, 3.05) is 7.05 Å². The van der Waals surface area contributed by atoms with Gasteiger partial charge in [0.2, 0.25) is 5.91 Å². The molecule has 0 atom stereocenters. The Morgan fingerprint density at radius 1 is 1.30 bits per heavy atom. The van der Waals surface area contributed by atoms with Gasteiger partial charge in [0.25, 0.3) is 11.2 Å². The molecule has 0 unspecified atom stereocenters. The Labute approximate surface area is 152 Å². The average molecular weight is 370 g/mol. The number of likely N-dealkylation sites (N-methyl/N-ethyl adjacent to an activating group) is 1. The van der Waals surface area contributed by atoms with Gasteiger partial charge in [-0.1, -0.05) is 18.2 Å². The fourth-order valence-corrected chi connectivity index (χ4v) is 2.61. The van der Waals surface area contributed by atoms with Crippen LogP contribution in [0.2, 0.25) is 0 Å². The van der Waals surface area contributed by atoms with Crippen molar-refractivity contribution in [3.05, 3.63) is 80.6 Å². The maximum atomic E-state index is 13.7. The van der Waals surface area contributed by atoms with Crippen LogP contribution >= 0.6 is 0 Å². The van der Waals surface area contributed by atoms with Crippen molar-refractivity contribution in [3.63, 3.8) is 0 Å². The van der Waals surface area contributed by atoms with Crippen molar-refractivity contribution in [3.8, 4) is 0 Å². The van der Waals surface area contributed by atoms with Crippen molar-refractivity contribution in [1.82, 2.24) is 14.5 Å². The number of rotatable bonds is 5. The number of nitro groups is 1. The molecule has 1 heterocycles. The summed E-state index contributed by atoms with van der Waals surface area (Å²) in [6, 6.07) is 9.87. The average Bonchev–Trinajstić information content (AvgIpc) is 2.65. The molecule has 0 aliphatic rings. The Morgan fingerprint density at radius 2 is 2.04 bits per heavy atom. The van der Waals surface area contributed by atoms with Gasteiger partial charge in [-0.05, 0) is 12.1 Å². The van der Waals surface area contributed by atoms with Crippen LogP contribution in [0.4, 0.5) is 10.1 Å². The van der Waals surface area contributed by atoms with E-state index in [-0.39, 0.29) is 24.2 Å². The highest BCUT2D eigenvalue weighted by atomic mass is 19.1. The van der Waals surface area contributed by atoms with Crippen LogP contribution in [0, 0.1) is 15.9 Å². The Hall–Kier alpha value is -3.62. The number of amides is 1. The Bertz CT molecular complexity index is 1100. The van der Waals surface area contributed by atoms with Gasteiger partial charge in [-0.25, -0.2) is 9.37 Å². The third-order valence-electron chi connectivity index (χ3n) is 4.12. The number of aromatic nitrogens is 2. The van der Waals surface area contributed by atoms with E-state index < -0.39 is 22.2 Å². The molecule has 0 aliphatic heterocycles. The minimum Gasteiger partial charge on any atom is -0.340 e. The number of carbonyl (C=O) groups excluding carboxylic acids is 1. The molecule has 0 fully saturated rings. The van der Waals surface area contributed by atoms with E-state index in [1.165, 1.54) is 36.5 Å². The number of benzene rings is 2. The second-order valence-corrected chi connectivity index (χ2v) is 5.98. The third kappa shape index (κ3) is 3.81. The van der Waals surface area contributed by atoms with E-state index >= 15 is 0 Å². The van der Waals surface area contributed by atoms with Crippen molar-refractivity contribution in [2.45, 2.75) is 13.1 Å². The van der Waals surface area contributed by atoms with Gasteiger partial charge in [0.05, 0.1) is 22.2 Å². The zero-order chi connectivity index (χ0) is 19.6. The predicted molar refractivity (Wildman–Crippen MR) is 95.5 cm³/mol. The lowest BCUT2D eigenvalue weighted by molar-refractivity contribution is -0.384. The van der Waals surface area contributed by atoms with Crippen LogP contribution in [-0.2, 0) is 17.9 Å². The summed E-state index contributed by atoms with van der Waals surface area (Å²) < 4.78 is 14.8. The zero-order valence-corrected chi connectivity index (χ0v) is 14.3. The van der Waals surface area contributed by atoms with E-state index in [4.69, 9.17) is 0 Å². The lowest BCUT2D eigenvalue weighted by Crippen LogP contribution is -2.34. The highest BCUT2D eigenvalue weighted by molar-refractivity contribution is 5.80. The molecule has 0 aliphatic carbocycles. The fourth-order valence-electron chi connectivity index (χ4n) is 2.61. The molecule has 9 heteroatoms. The van der Waals surface area contributed by atoms with Crippen molar-refractivity contribution < 1.29 is 14.1 Å². The normalized spacial score (nSPS) is 10.7. The summed E-state index contributed by atoms with van der Waals surface area (Å²) in [5, 5.41) is 10.9. The molecular weight excluding hydrogens is 355 g/mol. The van der Waals surface area contributed by atoms with Gasteiger partial charge in [0.1, 0.15) is 12.4 Å². The summed E-state index contributed by atoms with van der Waals surface area (Å²) in [4.78, 5) is 40.6. The number of hydrogen-bond acceptors (Lipinski definition) is 5. The molecular formula is C18H15FN4O4. The molecule has 2 aromatic carbocycles. The molecule has 3 rings (SSSR count). The van der Waals surface area contributed by atoms with E-state index in [9.17, 15) is 24.1 Å². The Morgan fingerprint density at radius 3 is 2.74 bits per heavy atom. The fraction of sp³-hybridized carbons (Fsp3) is 0.167. The molecule has 0 saturated heterocycles. The molecule has 1 amide bonds. The minimum absolute atomic E-state index is 0.0484. The summed E-state index contributed by atoms with van der Waals surface area (Å²) in [6.45, 7) is -0.262. The quantitative estimate of drug-likeness (QED) is 0.506. The van der Waals surface area contributed by atoms with Gasteiger partial charge in [0, 0.05) is 31.3 Å². The van der Waals surface area contributed by atoms with E-state index in [0.29, 0.717) is 11.1 Å². The van der Waals surface area contributed by atoms with E-state index in [1.807, 2.05) is 0 Å². The van der Waals surface area contributed by atoms with E-state index in [2.05, 4.69) is 4.98 Å². The highest BCUT2D eigenvalue weighted by Gasteiger charge is 2.15. The molecule has 0 saturated carbocycles. The number of nitro benzene ring substituents is 1. The van der Waals surface area contributed by atoms with Crippen LogP contribution in [-0.4, -0.2) is 32.3 Å². The van der Waals surface area contributed by atoms with Gasteiger partial charge in [-0.15, -0.1) is 0 Å². The third-order valence-corrected chi connectivity index (χ3v) is 4.12. The first-order valence-corrected chi connectivity index (χ1v) is 7.98. The van der Waals surface area contributed by atoms with Crippen molar-refractivity contribution >= 4 is 22.5 Å². The summed E-state index contributed by atoms with van der Waals surface area (Å²) in [7, 11) is 1.50. The number of fused-ring (bicyclic) bond motifs is 1. The van der Waals surface area contributed by atoms with Gasteiger partial charge < -0.3 is 4.90 Å². The Balaban J connectivity index is 1.84. The van der Waals surface area contributed by atoms with E-state index in [1.54, 1.807) is 18.2 Å². The summed E-state index contributed by atoms with van der Waals surface area (Å²) in [6.07, 6.45) is 1.21. The van der Waals surface area contributed by atoms with Crippen LogP contribution < -0.4 is 5.56 Å². The maximum Gasteiger partial charge on any atom is 0.270 e. The zero-order valence-electron chi connectivity index (χ0n) is 14.3. The molecule has 0 spiro atoms. The molecule has 3 aromatic rings. The number of non-ortho nitro benzene ring substituents is 1. The summed E-state index contributed by atoms with van der Waals surface area (Å²) in [5.41, 5.74) is -0.138.